The summed E-state index contributed by atoms with van der Waals surface area (Å²) in [4.78, 5) is 7.68. The second-order valence-corrected chi connectivity index (χ2v) is 3.12. The highest BCUT2D eigenvalue weighted by molar-refractivity contribution is 9.10. The van der Waals surface area contributed by atoms with Gasteiger partial charge in [-0.25, -0.2) is 9.97 Å². The molecule has 0 fully saturated rings. The molecule has 0 saturated heterocycles. The van der Waals surface area contributed by atoms with Gasteiger partial charge in [0.05, 0.1) is 0 Å². The number of halogens is 1. The first-order valence-corrected chi connectivity index (χ1v) is 3.89. The van der Waals surface area contributed by atoms with Crippen molar-refractivity contribution in [2.45, 2.75) is 19.8 Å². The summed E-state index contributed by atoms with van der Waals surface area (Å²) < 4.78 is 0.845. The lowest BCUT2D eigenvalue weighted by molar-refractivity contribution is 0.834. The Morgan fingerprint density at radius 2 is 2.30 bits per heavy atom. The van der Waals surface area contributed by atoms with Crippen LogP contribution in [0.5, 0.6) is 0 Å². The molecule has 0 aliphatic heterocycles. The molecule has 0 aromatic carbocycles. The number of hydrogen-bond acceptors (Lipinski definition) is 2. The summed E-state index contributed by atoms with van der Waals surface area (Å²) in [5.74, 6) is 0.462. The molecule has 0 aliphatic carbocycles. The lowest BCUT2D eigenvalue weighted by Crippen LogP contribution is -1.92. The Morgan fingerprint density at radius 1 is 1.60 bits per heavy atom. The largest absolute Gasteiger partial charge is 0.233 e. The fourth-order valence-corrected chi connectivity index (χ4v) is 1.32. The lowest BCUT2D eigenvalue weighted by Gasteiger charge is -2.03. The predicted octanol–water partition coefficient (Wildman–Crippen LogP) is 2.16. The van der Waals surface area contributed by atoms with Crippen molar-refractivity contribution in [3.8, 4) is 0 Å². The van der Waals surface area contributed by atoms with Gasteiger partial charge >= 0.3 is 0 Å². The van der Waals surface area contributed by atoms with E-state index in [0.717, 1.165) is 10.2 Å². The maximum atomic E-state index is 3.88. The van der Waals surface area contributed by atoms with Gasteiger partial charge in [-0.3, -0.25) is 0 Å². The van der Waals surface area contributed by atoms with Gasteiger partial charge in [0.15, 0.2) is 6.33 Å². The quantitative estimate of drug-likeness (QED) is 0.649. The van der Waals surface area contributed by atoms with Crippen LogP contribution < -0.4 is 0 Å². The first-order valence-electron chi connectivity index (χ1n) is 3.10. The van der Waals surface area contributed by atoms with Crippen LogP contribution in [0.15, 0.2) is 10.8 Å². The maximum Gasteiger partial charge on any atom is 0.198 e. The third-order valence-electron chi connectivity index (χ3n) is 1.27. The molecule has 0 aliphatic rings. The minimum absolute atomic E-state index is 0.462. The van der Waals surface area contributed by atoms with Gasteiger partial charge in [-0.1, -0.05) is 13.8 Å². The van der Waals surface area contributed by atoms with E-state index >= 15 is 0 Å². The summed E-state index contributed by atoms with van der Waals surface area (Å²) in [7, 11) is 0. The third-order valence-corrected chi connectivity index (χ3v) is 1.90. The van der Waals surface area contributed by atoms with Crippen molar-refractivity contribution < 1.29 is 0 Å². The van der Waals surface area contributed by atoms with Gasteiger partial charge in [0.1, 0.15) is 4.60 Å². The summed E-state index contributed by atoms with van der Waals surface area (Å²) in [6, 6.07) is 0. The van der Waals surface area contributed by atoms with E-state index < -0.39 is 0 Å². The van der Waals surface area contributed by atoms with Gasteiger partial charge in [-0.05, 0) is 21.8 Å². The van der Waals surface area contributed by atoms with Gasteiger partial charge in [-0.15, -0.1) is 0 Å². The second-order valence-electron chi connectivity index (χ2n) is 2.37. The second kappa shape index (κ2) is 3.10. The van der Waals surface area contributed by atoms with E-state index in [1.54, 1.807) is 6.20 Å². The molecule has 1 aromatic rings. The van der Waals surface area contributed by atoms with E-state index in [1.807, 2.05) is 0 Å². The topological polar surface area (TPSA) is 25.8 Å². The Kier molecular flexibility index (Phi) is 2.38. The minimum Gasteiger partial charge on any atom is -0.233 e. The van der Waals surface area contributed by atoms with Crippen molar-refractivity contribution in [2.24, 2.45) is 0 Å². The Bertz CT molecular complexity index is 223. The van der Waals surface area contributed by atoms with Gasteiger partial charge < -0.3 is 0 Å². The molecule has 0 spiro atoms. The average molecular weight is 200 g/mol. The Hall–Kier alpha value is -0.440. The molecule has 2 nitrogen and oxygen atoms in total. The van der Waals surface area contributed by atoms with E-state index in [4.69, 9.17) is 0 Å². The number of hydrogen-bond donors (Lipinski definition) is 0. The van der Waals surface area contributed by atoms with Gasteiger partial charge in [-0.2, -0.15) is 0 Å². The van der Waals surface area contributed by atoms with Crippen molar-refractivity contribution in [3.63, 3.8) is 0 Å². The smallest absolute Gasteiger partial charge is 0.198 e. The van der Waals surface area contributed by atoms with Crippen molar-refractivity contribution >= 4 is 15.9 Å². The molecule has 0 amide bonds. The van der Waals surface area contributed by atoms with Crippen LogP contribution >= 0.6 is 15.9 Å². The van der Waals surface area contributed by atoms with Crippen LogP contribution in [0.25, 0.3) is 0 Å². The molecule has 53 valence electrons. The zero-order valence-corrected chi connectivity index (χ0v) is 7.51. The van der Waals surface area contributed by atoms with Gasteiger partial charge in [0, 0.05) is 11.8 Å². The molecule has 1 aromatic heterocycles. The monoisotopic (exact) mass is 199 g/mol. The first kappa shape index (κ1) is 7.66. The van der Waals surface area contributed by atoms with E-state index in [1.165, 1.54) is 0 Å². The number of rotatable bonds is 1. The Labute approximate surface area is 68.8 Å². The van der Waals surface area contributed by atoms with Crippen molar-refractivity contribution in [1.82, 2.24) is 9.97 Å². The first-order chi connectivity index (χ1) is 4.72. The number of aromatic nitrogens is 2. The van der Waals surface area contributed by atoms with Crippen LogP contribution in [0.4, 0.5) is 0 Å². The van der Waals surface area contributed by atoms with Crippen molar-refractivity contribution in [2.75, 3.05) is 0 Å². The highest BCUT2D eigenvalue weighted by Crippen LogP contribution is 2.19. The van der Waals surface area contributed by atoms with Crippen molar-refractivity contribution in [3.05, 3.63) is 22.7 Å². The number of nitrogens with zero attached hydrogens (tertiary/aromatic N) is 2. The van der Waals surface area contributed by atoms with Crippen LogP contribution in [0.3, 0.4) is 0 Å². The molecule has 0 bridgehead atoms. The molecule has 1 rings (SSSR count). The third kappa shape index (κ3) is 1.53. The molecule has 3 heteroatoms. The van der Waals surface area contributed by atoms with Crippen molar-refractivity contribution in [1.29, 1.82) is 0 Å². The standard InChI is InChI=1S/C7H8BrN2/c1-5(2)6-3-9-4-10-7(6)8/h3,5H,1-2H3. The Balaban J connectivity index is 3.03. The average Bonchev–Trinajstić information content (AvgIpc) is 1.88. The van der Waals surface area contributed by atoms with Crippen LogP contribution in [-0.4, -0.2) is 9.97 Å². The SMILES string of the molecule is CC(C)c1cn[c]nc1Br. The van der Waals surface area contributed by atoms with E-state index in [2.05, 4.69) is 46.1 Å². The fourth-order valence-electron chi connectivity index (χ4n) is 0.676. The highest BCUT2D eigenvalue weighted by atomic mass is 79.9. The molecule has 1 heterocycles. The molecule has 0 saturated carbocycles. The molecule has 1 radical (unpaired) electrons. The minimum atomic E-state index is 0.462. The van der Waals surface area contributed by atoms with Crippen LogP contribution in [-0.2, 0) is 0 Å². The molecule has 10 heavy (non-hydrogen) atoms. The van der Waals surface area contributed by atoms with Crippen LogP contribution in [0, 0.1) is 6.33 Å². The normalized spacial score (nSPS) is 10.4. The maximum absolute atomic E-state index is 3.88. The predicted molar refractivity (Wildman–Crippen MR) is 42.7 cm³/mol. The zero-order valence-electron chi connectivity index (χ0n) is 5.93. The van der Waals surface area contributed by atoms with Crippen LogP contribution in [0.1, 0.15) is 25.3 Å². The van der Waals surface area contributed by atoms with E-state index in [0.29, 0.717) is 5.92 Å². The van der Waals surface area contributed by atoms with E-state index in [9.17, 15) is 0 Å². The highest BCUT2D eigenvalue weighted by Gasteiger charge is 2.03. The van der Waals surface area contributed by atoms with Gasteiger partial charge in [0.25, 0.3) is 0 Å². The molecular weight excluding hydrogens is 192 g/mol. The summed E-state index contributed by atoms with van der Waals surface area (Å²) in [6.07, 6.45) is 4.29. The van der Waals surface area contributed by atoms with Crippen LogP contribution in [0.2, 0.25) is 0 Å². The molecule has 0 N–H and O–H groups in total. The molecule has 0 unspecified atom stereocenters. The molecule has 0 atom stereocenters. The lowest BCUT2D eigenvalue weighted by atomic mass is 10.1. The summed E-state index contributed by atoms with van der Waals surface area (Å²) in [5, 5.41) is 0. The summed E-state index contributed by atoms with van der Waals surface area (Å²) in [6.45, 7) is 4.20. The summed E-state index contributed by atoms with van der Waals surface area (Å²) >= 11 is 3.31. The summed E-state index contributed by atoms with van der Waals surface area (Å²) in [5.41, 5.74) is 1.12. The molecular formula is C7H8BrN2. The zero-order chi connectivity index (χ0) is 7.56. The van der Waals surface area contributed by atoms with Gasteiger partial charge in [0.2, 0.25) is 0 Å². The fraction of sp³-hybridized carbons (Fsp3) is 0.429. The van der Waals surface area contributed by atoms with E-state index in [-0.39, 0.29) is 0 Å². The Morgan fingerprint density at radius 3 is 2.70 bits per heavy atom.